The molecular formula is C13H16O4. The fourth-order valence-corrected chi connectivity index (χ4v) is 1.98. The van der Waals surface area contributed by atoms with Crippen molar-refractivity contribution in [3.63, 3.8) is 0 Å². The Balaban J connectivity index is 2.35. The summed E-state index contributed by atoms with van der Waals surface area (Å²) in [5.74, 6) is 1.53. The molecule has 17 heavy (non-hydrogen) atoms. The van der Waals surface area contributed by atoms with Gasteiger partial charge >= 0.3 is 0 Å². The maximum atomic E-state index is 10.5. The summed E-state index contributed by atoms with van der Waals surface area (Å²) in [5.41, 5.74) is 2.08. The molecule has 0 aliphatic carbocycles. The smallest absolute Gasteiger partial charge is 0.164 e. The zero-order chi connectivity index (χ0) is 12.1. The summed E-state index contributed by atoms with van der Waals surface area (Å²) in [5, 5.41) is 0. The van der Waals surface area contributed by atoms with Gasteiger partial charge in [0.25, 0.3) is 0 Å². The highest BCUT2D eigenvalue weighted by atomic mass is 16.6. The molecule has 0 spiro atoms. The van der Waals surface area contributed by atoms with Gasteiger partial charge < -0.3 is 19.0 Å². The molecule has 4 heteroatoms. The highest BCUT2D eigenvalue weighted by Crippen LogP contribution is 2.36. The SMILES string of the molecule is COCc1ccc2c(c1CCC=O)OCCO2. The van der Waals surface area contributed by atoms with Crippen LogP contribution in [0.25, 0.3) is 0 Å². The van der Waals surface area contributed by atoms with Gasteiger partial charge in [0.1, 0.15) is 19.5 Å². The van der Waals surface area contributed by atoms with Crippen molar-refractivity contribution >= 4 is 6.29 Å². The molecule has 0 saturated carbocycles. The number of rotatable bonds is 5. The average Bonchev–Trinajstić information content (AvgIpc) is 2.37. The van der Waals surface area contributed by atoms with Crippen LogP contribution >= 0.6 is 0 Å². The molecule has 0 bridgehead atoms. The van der Waals surface area contributed by atoms with Crippen molar-refractivity contribution in [2.45, 2.75) is 19.4 Å². The molecule has 0 aromatic heterocycles. The minimum atomic E-state index is 0.483. The van der Waals surface area contributed by atoms with Crippen LogP contribution in [0.3, 0.4) is 0 Å². The van der Waals surface area contributed by atoms with Gasteiger partial charge in [0, 0.05) is 19.1 Å². The Morgan fingerprint density at radius 1 is 1.35 bits per heavy atom. The first-order valence-electron chi connectivity index (χ1n) is 5.69. The highest BCUT2D eigenvalue weighted by Gasteiger charge is 2.18. The monoisotopic (exact) mass is 236 g/mol. The first-order valence-corrected chi connectivity index (χ1v) is 5.69. The van der Waals surface area contributed by atoms with Crippen molar-refractivity contribution in [1.29, 1.82) is 0 Å². The second kappa shape index (κ2) is 5.68. The minimum absolute atomic E-state index is 0.483. The molecule has 0 amide bonds. The van der Waals surface area contributed by atoms with Crippen LogP contribution < -0.4 is 9.47 Å². The number of carbonyl (C=O) groups excluding carboxylic acids is 1. The van der Waals surface area contributed by atoms with Gasteiger partial charge in [-0.05, 0) is 18.1 Å². The third kappa shape index (κ3) is 2.58. The average molecular weight is 236 g/mol. The van der Waals surface area contributed by atoms with Crippen molar-refractivity contribution in [1.82, 2.24) is 0 Å². The molecule has 1 aromatic rings. The molecule has 1 heterocycles. The molecule has 0 saturated heterocycles. The lowest BCUT2D eigenvalue weighted by atomic mass is 10.0. The van der Waals surface area contributed by atoms with Crippen LogP contribution in [0.1, 0.15) is 17.5 Å². The van der Waals surface area contributed by atoms with Crippen molar-refractivity contribution in [2.75, 3.05) is 20.3 Å². The number of ether oxygens (including phenoxy) is 3. The van der Waals surface area contributed by atoms with E-state index in [4.69, 9.17) is 14.2 Å². The summed E-state index contributed by atoms with van der Waals surface area (Å²) in [6.07, 6.45) is 2.06. The third-order valence-corrected chi connectivity index (χ3v) is 2.72. The largest absolute Gasteiger partial charge is 0.486 e. The zero-order valence-corrected chi connectivity index (χ0v) is 9.90. The summed E-state index contributed by atoms with van der Waals surface area (Å²) in [7, 11) is 1.65. The lowest BCUT2D eigenvalue weighted by Gasteiger charge is -2.22. The standard InChI is InChI=1S/C13H16O4/c1-15-9-10-4-5-12-13(17-8-7-16-12)11(10)3-2-6-14/h4-6H,2-3,7-9H2,1H3. The second-order valence-electron chi connectivity index (χ2n) is 3.87. The lowest BCUT2D eigenvalue weighted by molar-refractivity contribution is -0.107. The number of hydrogen-bond acceptors (Lipinski definition) is 4. The number of aldehydes is 1. The van der Waals surface area contributed by atoms with Gasteiger partial charge in [0.2, 0.25) is 0 Å². The van der Waals surface area contributed by atoms with E-state index in [1.807, 2.05) is 12.1 Å². The number of methoxy groups -OCH3 is 1. The van der Waals surface area contributed by atoms with Crippen LogP contribution in [0.15, 0.2) is 12.1 Å². The zero-order valence-electron chi connectivity index (χ0n) is 9.90. The van der Waals surface area contributed by atoms with Gasteiger partial charge in [0.15, 0.2) is 11.5 Å². The van der Waals surface area contributed by atoms with Crippen molar-refractivity contribution in [3.8, 4) is 11.5 Å². The molecule has 0 unspecified atom stereocenters. The van der Waals surface area contributed by atoms with E-state index in [9.17, 15) is 4.79 Å². The van der Waals surface area contributed by atoms with Gasteiger partial charge in [-0.15, -0.1) is 0 Å². The first-order chi connectivity index (χ1) is 8.36. The maximum Gasteiger partial charge on any atom is 0.164 e. The van der Waals surface area contributed by atoms with Crippen molar-refractivity contribution in [2.24, 2.45) is 0 Å². The van der Waals surface area contributed by atoms with E-state index in [0.717, 1.165) is 28.9 Å². The van der Waals surface area contributed by atoms with Gasteiger partial charge in [-0.1, -0.05) is 6.07 Å². The molecule has 1 aliphatic rings. The minimum Gasteiger partial charge on any atom is -0.486 e. The van der Waals surface area contributed by atoms with Crippen LogP contribution in [-0.4, -0.2) is 26.6 Å². The molecule has 4 nitrogen and oxygen atoms in total. The number of fused-ring (bicyclic) bond motifs is 1. The van der Waals surface area contributed by atoms with Crippen LogP contribution in [0.4, 0.5) is 0 Å². The Hall–Kier alpha value is -1.55. The fraction of sp³-hybridized carbons (Fsp3) is 0.462. The van der Waals surface area contributed by atoms with Crippen molar-refractivity contribution in [3.05, 3.63) is 23.3 Å². The Bertz CT molecular complexity index is 401. The Morgan fingerprint density at radius 3 is 2.94 bits per heavy atom. The van der Waals surface area contributed by atoms with E-state index in [1.165, 1.54) is 0 Å². The van der Waals surface area contributed by atoms with Gasteiger partial charge in [-0.25, -0.2) is 0 Å². The van der Waals surface area contributed by atoms with Crippen LogP contribution in [-0.2, 0) is 22.6 Å². The number of hydrogen-bond donors (Lipinski definition) is 0. The molecule has 1 aromatic carbocycles. The highest BCUT2D eigenvalue weighted by molar-refractivity contribution is 5.55. The normalized spacial score (nSPS) is 13.5. The second-order valence-corrected chi connectivity index (χ2v) is 3.87. The summed E-state index contributed by atoms with van der Waals surface area (Å²) >= 11 is 0. The Labute approximate surface area is 100 Å². The Kier molecular flexibility index (Phi) is 3.98. The third-order valence-electron chi connectivity index (χ3n) is 2.72. The van der Waals surface area contributed by atoms with Crippen LogP contribution in [0, 0.1) is 0 Å². The van der Waals surface area contributed by atoms with E-state index in [2.05, 4.69) is 0 Å². The molecule has 0 N–H and O–H groups in total. The summed E-state index contributed by atoms with van der Waals surface area (Å²) in [4.78, 5) is 10.5. The molecule has 0 radical (unpaired) electrons. The van der Waals surface area contributed by atoms with E-state index >= 15 is 0 Å². The molecular weight excluding hydrogens is 220 g/mol. The molecule has 0 fully saturated rings. The summed E-state index contributed by atoms with van der Waals surface area (Å²) in [6, 6.07) is 3.87. The quantitative estimate of drug-likeness (QED) is 0.730. The van der Waals surface area contributed by atoms with E-state index in [-0.39, 0.29) is 0 Å². The molecule has 92 valence electrons. The van der Waals surface area contributed by atoms with Crippen LogP contribution in [0.2, 0.25) is 0 Å². The predicted molar refractivity (Wildman–Crippen MR) is 62.5 cm³/mol. The number of benzene rings is 1. The number of carbonyl (C=O) groups is 1. The summed E-state index contributed by atoms with van der Waals surface area (Å²) in [6.45, 7) is 1.64. The van der Waals surface area contributed by atoms with Crippen LogP contribution in [0.5, 0.6) is 11.5 Å². The predicted octanol–water partition coefficient (Wildman–Crippen LogP) is 1.74. The lowest BCUT2D eigenvalue weighted by Crippen LogP contribution is -2.17. The topological polar surface area (TPSA) is 44.8 Å². The fourth-order valence-electron chi connectivity index (χ4n) is 1.98. The molecule has 1 aliphatic heterocycles. The van der Waals surface area contributed by atoms with E-state index in [1.54, 1.807) is 7.11 Å². The van der Waals surface area contributed by atoms with Gasteiger partial charge in [0.05, 0.1) is 6.61 Å². The van der Waals surface area contributed by atoms with Gasteiger partial charge in [-0.2, -0.15) is 0 Å². The first kappa shape index (κ1) is 11.9. The molecule has 2 rings (SSSR count). The van der Waals surface area contributed by atoms with E-state index < -0.39 is 0 Å². The van der Waals surface area contributed by atoms with Gasteiger partial charge in [-0.3, -0.25) is 0 Å². The summed E-state index contributed by atoms with van der Waals surface area (Å²) < 4.78 is 16.3. The maximum absolute atomic E-state index is 10.5. The Morgan fingerprint density at radius 2 is 2.18 bits per heavy atom. The molecule has 0 atom stereocenters. The van der Waals surface area contributed by atoms with Crippen molar-refractivity contribution < 1.29 is 19.0 Å². The van der Waals surface area contributed by atoms with E-state index in [0.29, 0.717) is 32.7 Å².